The van der Waals surface area contributed by atoms with E-state index in [1.807, 2.05) is 0 Å². The second kappa shape index (κ2) is 10.9. The number of halogens is 1. The van der Waals surface area contributed by atoms with Crippen LogP contribution in [0.3, 0.4) is 0 Å². The molecule has 1 N–H and O–H groups in total. The van der Waals surface area contributed by atoms with Gasteiger partial charge in [0.25, 0.3) is 5.91 Å². The number of nitrogens with zero attached hydrogens (tertiary/aromatic N) is 2. The van der Waals surface area contributed by atoms with Crippen LogP contribution in [0.4, 0.5) is 10.5 Å². The molecule has 0 aliphatic carbocycles. The van der Waals surface area contributed by atoms with Crippen molar-refractivity contribution in [3.05, 3.63) is 53.1 Å². The van der Waals surface area contributed by atoms with Crippen molar-refractivity contribution in [1.29, 1.82) is 0 Å². The first-order chi connectivity index (χ1) is 15.8. The van der Waals surface area contributed by atoms with Crippen molar-refractivity contribution in [3.8, 4) is 5.75 Å². The molecule has 0 radical (unpaired) electrons. The summed E-state index contributed by atoms with van der Waals surface area (Å²) < 4.78 is 38.3. The lowest BCUT2D eigenvalue weighted by Crippen LogP contribution is -2.50. The molecule has 0 bridgehead atoms. The maximum atomic E-state index is 13.2. The van der Waals surface area contributed by atoms with Gasteiger partial charge < -0.3 is 19.7 Å². The fourth-order valence-corrected chi connectivity index (χ4v) is 4.99. The summed E-state index contributed by atoms with van der Waals surface area (Å²) in [6.45, 7) is 4.83. The van der Waals surface area contributed by atoms with Gasteiger partial charge in [-0.25, -0.2) is 13.2 Å². The van der Waals surface area contributed by atoms with Crippen LogP contribution in [-0.2, 0) is 14.8 Å². The maximum Gasteiger partial charge on any atom is 0.409 e. The van der Waals surface area contributed by atoms with Crippen molar-refractivity contribution in [3.63, 3.8) is 0 Å². The highest BCUT2D eigenvalue weighted by atomic mass is 35.5. The van der Waals surface area contributed by atoms with E-state index >= 15 is 0 Å². The molecule has 33 heavy (non-hydrogen) atoms. The molecule has 11 heteroatoms. The van der Waals surface area contributed by atoms with Crippen molar-refractivity contribution >= 4 is 39.3 Å². The smallest absolute Gasteiger partial charge is 0.409 e. The molecule has 178 valence electrons. The molecule has 0 atom stereocenters. The van der Waals surface area contributed by atoms with E-state index in [2.05, 4.69) is 5.32 Å². The van der Waals surface area contributed by atoms with E-state index < -0.39 is 22.0 Å². The first kappa shape index (κ1) is 24.8. The van der Waals surface area contributed by atoms with Gasteiger partial charge in [-0.2, -0.15) is 4.31 Å². The molecule has 0 spiro atoms. The average Bonchev–Trinajstić information content (AvgIpc) is 2.80. The number of piperazine rings is 1. The zero-order valence-corrected chi connectivity index (χ0v) is 20.0. The van der Waals surface area contributed by atoms with E-state index in [1.165, 1.54) is 33.5 Å². The Bertz CT molecular complexity index is 1120. The third-order valence-corrected chi connectivity index (χ3v) is 7.12. The number of anilines is 1. The van der Waals surface area contributed by atoms with Crippen LogP contribution < -0.4 is 10.1 Å². The Kier molecular flexibility index (Phi) is 8.17. The topological polar surface area (TPSA) is 105 Å². The minimum Gasteiger partial charge on any atom is -0.492 e. The van der Waals surface area contributed by atoms with Gasteiger partial charge in [-0.15, -0.1) is 0 Å². The van der Waals surface area contributed by atoms with Gasteiger partial charge in [0.05, 0.1) is 23.8 Å². The van der Waals surface area contributed by atoms with E-state index in [0.717, 1.165) is 0 Å². The number of amides is 2. The second-order valence-electron chi connectivity index (χ2n) is 7.15. The number of nitrogens with one attached hydrogen (secondary N) is 1. The molecule has 0 aromatic heterocycles. The maximum absolute atomic E-state index is 13.2. The summed E-state index contributed by atoms with van der Waals surface area (Å²) in [7, 11) is -3.86. The molecule has 2 aromatic rings. The van der Waals surface area contributed by atoms with Crippen LogP contribution >= 0.6 is 11.6 Å². The molecule has 1 saturated heterocycles. The number of rotatable bonds is 7. The van der Waals surface area contributed by atoms with E-state index in [0.29, 0.717) is 22.9 Å². The molecular weight excluding hydrogens is 470 g/mol. The molecule has 1 aliphatic heterocycles. The van der Waals surface area contributed by atoms with Crippen LogP contribution in [0.25, 0.3) is 0 Å². The lowest BCUT2D eigenvalue weighted by atomic mass is 10.2. The first-order valence-electron chi connectivity index (χ1n) is 10.5. The minimum absolute atomic E-state index is 0.0110. The van der Waals surface area contributed by atoms with Gasteiger partial charge in [0.2, 0.25) is 10.0 Å². The van der Waals surface area contributed by atoms with Crippen molar-refractivity contribution in [1.82, 2.24) is 9.21 Å². The van der Waals surface area contributed by atoms with Gasteiger partial charge in [-0.3, -0.25) is 4.79 Å². The Morgan fingerprint density at radius 2 is 1.76 bits per heavy atom. The zero-order chi connectivity index (χ0) is 24.0. The van der Waals surface area contributed by atoms with Gasteiger partial charge in [-0.1, -0.05) is 17.7 Å². The Morgan fingerprint density at radius 1 is 1.03 bits per heavy atom. The van der Waals surface area contributed by atoms with E-state index in [9.17, 15) is 18.0 Å². The number of carbonyl (C=O) groups excluding carboxylic acids is 2. The fraction of sp³-hybridized carbons (Fsp3) is 0.364. The summed E-state index contributed by atoms with van der Waals surface area (Å²) in [6, 6.07) is 10.7. The largest absolute Gasteiger partial charge is 0.492 e. The molecule has 1 fully saturated rings. The number of hydrogen-bond acceptors (Lipinski definition) is 6. The number of ether oxygens (including phenoxy) is 2. The van der Waals surface area contributed by atoms with Crippen molar-refractivity contribution in [2.75, 3.05) is 44.7 Å². The van der Waals surface area contributed by atoms with Gasteiger partial charge in [0.1, 0.15) is 5.75 Å². The van der Waals surface area contributed by atoms with Gasteiger partial charge >= 0.3 is 6.09 Å². The number of carbonyl (C=O) groups is 2. The molecule has 2 amide bonds. The third-order valence-electron chi connectivity index (χ3n) is 4.99. The highest BCUT2D eigenvalue weighted by Gasteiger charge is 2.31. The average molecular weight is 496 g/mol. The van der Waals surface area contributed by atoms with Gasteiger partial charge in [-0.05, 0) is 50.2 Å². The monoisotopic (exact) mass is 495 g/mol. The summed E-state index contributed by atoms with van der Waals surface area (Å²) in [5.74, 6) is -0.102. The standard InChI is InChI=1S/C22H26ClN3O6S/c1-3-31-20-9-8-18(15-19(20)24-21(27)16-6-5-7-17(23)14-16)33(29,30)26-12-10-25(11-13-26)22(28)32-4-2/h5-9,14-15H,3-4,10-13H2,1-2H3,(H,24,27). The third kappa shape index (κ3) is 5.95. The van der Waals surface area contributed by atoms with Crippen molar-refractivity contribution < 1.29 is 27.5 Å². The molecule has 2 aromatic carbocycles. The number of hydrogen-bond donors (Lipinski definition) is 1. The van der Waals surface area contributed by atoms with Crippen LogP contribution in [0.1, 0.15) is 24.2 Å². The number of benzene rings is 2. The van der Waals surface area contributed by atoms with Crippen molar-refractivity contribution in [2.24, 2.45) is 0 Å². The summed E-state index contributed by atoms with van der Waals surface area (Å²) >= 11 is 5.97. The lowest BCUT2D eigenvalue weighted by Gasteiger charge is -2.33. The van der Waals surface area contributed by atoms with Crippen LogP contribution in [0.2, 0.25) is 5.02 Å². The SMILES string of the molecule is CCOC(=O)N1CCN(S(=O)(=O)c2ccc(OCC)c(NC(=O)c3cccc(Cl)c3)c2)CC1. The summed E-state index contributed by atoms with van der Waals surface area (Å²) in [6.07, 6.45) is -0.457. The summed E-state index contributed by atoms with van der Waals surface area (Å²) in [5, 5.41) is 3.12. The van der Waals surface area contributed by atoms with Crippen LogP contribution in [0.15, 0.2) is 47.4 Å². The van der Waals surface area contributed by atoms with E-state index in [-0.39, 0.29) is 43.4 Å². The zero-order valence-electron chi connectivity index (χ0n) is 18.4. The highest BCUT2D eigenvalue weighted by Crippen LogP contribution is 2.30. The second-order valence-corrected chi connectivity index (χ2v) is 9.52. The molecule has 9 nitrogen and oxygen atoms in total. The van der Waals surface area contributed by atoms with Crippen LogP contribution in [-0.4, -0.2) is 69.0 Å². The van der Waals surface area contributed by atoms with E-state index in [1.54, 1.807) is 32.0 Å². The lowest BCUT2D eigenvalue weighted by molar-refractivity contribution is 0.0933. The van der Waals surface area contributed by atoms with Crippen LogP contribution in [0.5, 0.6) is 5.75 Å². The molecule has 0 unspecified atom stereocenters. The summed E-state index contributed by atoms with van der Waals surface area (Å²) in [4.78, 5) is 26.1. The quantitative estimate of drug-likeness (QED) is 0.630. The Balaban J connectivity index is 1.81. The Hall–Kier alpha value is -2.82. The van der Waals surface area contributed by atoms with Crippen molar-refractivity contribution in [2.45, 2.75) is 18.7 Å². The Labute approximate surface area is 198 Å². The Morgan fingerprint density at radius 3 is 2.39 bits per heavy atom. The predicted molar refractivity (Wildman–Crippen MR) is 124 cm³/mol. The molecule has 3 rings (SSSR count). The first-order valence-corrected chi connectivity index (χ1v) is 12.3. The van der Waals surface area contributed by atoms with Crippen LogP contribution in [0, 0.1) is 0 Å². The van der Waals surface area contributed by atoms with Gasteiger partial charge in [0.15, 0.2) is 0 Å². The molecule has 1 heterocycles. The van der Waals surface area contributed by atoms with Gasteiger partial charge in [0, 0.05) is 36.8 Å². The summed E-state index contributed by atoms with van der Waals surface area (Å²) in [5.41, 5.74) is 0.557. The molecular formula is C22H26ClN3O6S. The molecule has 0 saturated carbocycles. The highest BCUT2D eigenvalue weighted by molar-refractivity contribution is 7.89. The number of sulfonamides is 1. The van der Waals surface area contributed by atoms with E-state index in [4.69, 9.17) is 21.1 Å². The minimum atomic E-state index is -3.86. The molecule has 1 aliphatic rings. The normalized spacial score (nSPS) is 14.6. The fourth-order valence-electron chi connectivity index (χ4n) is 3.35. The predicted octanol–water partition coefficient (Wildman–Crippen LogP) is 3.45.